The van der Waals surface area contributed by atoms with E-state index in [9.17, 15) is 5.11 Å². The van der Waals surface area contributed by atoms with Crippen LogP contribution in [0, 0.1) is 6.92 Å². The third kappa shape index (κ3) is 2.71. The molecule has 3 heteroatoms. The summed E-state index contributed by atoms with van der Waals surface area (Å²) in [5, 5.41) is 10.5. The van der Waals surface area contributed by atoms with Crippen LogP contribution < -0.4 is 9.47 Å². The van der Waals surface area contributed by atoms with Crippen LogP contribution >= 0.6 is 0 Å². The number of ether oxygens (including phenoxy) is 2. The van der Waals surface area contributed by atoms with Crippen molar-refractivity contribution in [3.05, 3.63) is 59.2 Å². The first-order chi connectivity index (χ1) is 9.17. The summed E-state index contributed by atoms with van der Waals surface area (Å²) in [5.41, 5.74) is 2.51. The number of rotatable bonds is 4. The predicted octanol–water partition coefficient (Wildman–Crippen LogP) is 3.09. The summed E-state index contributed by atoms with van der Waals surface area (Å²) in [6.07, 6.45) is -0.731. The van der Waals surface area contributed by atoms with E-state index in [1.54, 1.807) is 14.2 Å². The summed E-state index contributed by atoms with van der Waals surface area (Å²) in [5.74, 6) is 1.40. The van der Waals surface area contributed by atoms with Gasteiger partial charge in [0.1, 0.15) is 17.6 Å². The van der Waals surface area contributed by atoms with Crippen LogP contribution in [0.5, 0.6) is 11.5 Å². The van der Waals surface area contributed by atoms with Gasteiger partial charge >= 0.3 is 0 Å². The molecule has 100 valence electrons. The molecule has 0 aliphatic heterocycles. The molecule has 0 aliphatic rings. The van der Waals surface area contributed by atoms with Gasteiger partial charge in [0.25, 0.3) is 0 Å². The van der Waals surface area contributed by atoms with Crippen LogP contribution in [-0.2, 0) is 0 Å². The van der Waals surface area contributed by atoms with Crippen LogP contribution in [0.1, 0.15) is 22.8 Å². The topological polar surface area (TPSA) is 38.7 Å². The van der Waals surface area contributed by atoms with Crippen LogP contribution in [0.4, 0.5) is 0 Å². The lowest BCUT2D eigenvalue weighted by atomic mass is 9.99. The normalized spacial score (nSPS) is 12.0. The summed E-state index contributed by atoms with van der Waals surface area (Å²) < 4.78 is 10.7. The van der Waals surface area contributed by atoms with E-state index < -0.39 is 6.10 Å². The van der Waals surface area contributed by atoms with Crippen molar-refractivity contribution in [2.75, 3.05) is 14.2 Å². The molecule has 0 aromatic heterocycles. The van der Waals surface area contributed by atoms with Gasteiger partial charge in [-0.2, -0.15) is 0 Å². The molecule has 0 saturated carbocycles. The van der Waals surface area contributed by atoms with Gasteiger partial charge in [0, 0.05) is 5.56 Å². The van der Waals surface area contributed by atoms with E-state index in [2.05, 4.69) is 0 Å². The van der Waals surface area contributed by atoms with Crippen molar-refractivity contribution in [2.45, 2.75) is 13.0 Å². The van der Waals surface area contributed by atoms with Crippen LogP contribution in [-0.4, -0.2) is 19.3 Å². The molecule has 1 N–H and O–H groups in total. The molecule has 2 aromatic rings. The van der Waals surface area contributed by atoms with Gasteiger partial charge in [-0.05, 0) is 30.2 Å². The number of aliphatic hydroxyl groups is 1. The van der Waals surface area contributed by atoms with Crippen molar-refractivity contribution in [3.63, 3.8) is 0 Å². The second kappa shape index (κ2) is 5.76. The number of aryl methyl sites for hydroxylation is 1. The van der Waals surface area contributed by atoms with Crippen molar-refractivity contribution in [1.82, 2.24) is 0 Å². The average molecular weight is 258 g/mol. The zero-order valence-electron chi connectivity index (χ0n) is 11.4. The molecule has 19 heavy (non-hydrogen) atoms. The largest absolute Gasteiger partial charge is 0.496 e. The first-order valence-electron chi connectivity index (χ1n) is 6.13. The Morgan fingerprint density at radius 3 is 2.16 bits per heavy atom. The number of benzene rings is 2. The highest BCUT2D eigenvalue weighted by atomic mass is 16.5. The minimum atomic E-state index is -0.731. The van der Waals surface area contributed by atoms with Gasteiger partial charge in [-0.25, -0.2) is 0 Å². The highest BCUT2D eigenvalue weighted by Crippen LogP contribution is 2.35. The van der Waals surface area contributed by atoms with E-state index in [-0.39, 0.29) is 0 Å². The molecular formula is C16H18O3. The SMILES string of the molecule is COc1cc(C(O)c2ccccc2)c(OC)cc1C. The van der Waals surface area contributed by atoms with Crippen LogP contribution in [0.15, 0.2) is 42.5 Å². The highest BCUT2D eigenvalue weighted by Gasteiger charge is 2.17. The van der Waals surface area contributed by atoms with Crippen LogP contribution in [0.3, 0.4) is 0 Å². The highest BCUT2D eigenvalue weighted by molar-refractivity contribution is 5.49. The lowest BCUT2D eigenvalue weighted by Gasteiger charge is -2.17. The van der Waals surface area contributed by atoms with Gasteiger partial charge < -0.3 is 14.6 Å². The second-order valence-electron chi connectivity index (χ2n) is 4.38. The van der Waals surface area contributed by atoms with E-state index in [0.29, 0.717) is 11.3 Å². The maximum absolute atomic E-state index is 10.5. The number of hydrogen-bond acceptors (Lipinski definition) is 3. The molecular weight excluding hydrogens is 240 g/mol. The zero-order chi connectivity index (χ0) is 13.8. The standard InChI is InChI=1S/C16H18O3/c1-11-9-15(19-3)13(10-14(11)18-2)16(17)12-7-5-4-6-8-12/h4-10,16-17H,1-3H3. The number of methoxy groups -OCH3 is 2. The maximum atomic E-state index is 10.5. The first kappa shape index (κ1) is 13.4. The van der Waals surface area contributed by atoms with Crippen LogP contribution in [0.2, 0.25) is 0 Å². The van der Waals surface area contributed by atoms with Crippen molar-refractivity contribution in [2.24, 2.45) is 0 Å². The molecule has 0 bridgehead atoms. The minimum absolute atomic E-state index is 0.662. The molecule has 1 unspecified atom stereocenters. The fourth-order valence-corrected chi connectivity index (χ4v) is 2.10. The smallest absolute Gasteiger partial charge is 0.125 e. The van der Waals surface area contributed by atoms with Crippen LogP contribution in [0.25, 0.3) is 0 Å². The van der Waals surface area contributed by atoms with Gasteiger partial charge in [-0.1, -0.05) is 30.3 Å². The summed E-state index contributed by atoms with van der Waals surface area (Å²) in [7, 11) is 3.22. The Labute approximate surface area is 113 Å². The molecule has 3 nitrogen and oxygen atoms in total. The lowest BCUT2D eigenvalue weighted by molar-refractivity contribution is 0.214. The molecule has 1 atom stereocenters. The molecule has 0 heterocycles. The van der Waals surface area contributed by atoms with E-state index >= 15 is 0 Å². The maximum Gasteiger partial charge on any atom is 0.125 e. The summed E-state index contributed by atoms with van der Waals surface area (Å²) in [6, 6.07) is 13.2. The molecule has 2 rings (SSSR count). The molecule has 2 aromatic carbocycles. The Morgan fingerprint density at radius 1 is 0.947 bits per heavy atom. The Balaban J connectivity index is 2.48. The average Bonchev–Trinajstić information content (AvgIpc) is 2.47. The molecule has 0 aliphatic carbocycles. The van der Waals surface area contributed by atoms with E-state index in [1.165, 1.54) is 0 Å². The van der Waals surface area contributed by atoms with Crippen molar-refractivity contribution in [3.8, 4) is 11.5 Å². The van der Waals surface area contributed by atoms with Gasteiger partial charge in [-0.15, -0.1) is 0 Å². The molecule has 0 fully saturated rings. The Morgan fingerprint density at radius 2 is 1.58 bits per heavy atom. The number of hydrogen-bond donors (Lipinski definition) is 1. The van der Waals surface area contributed by atoms with E-state index in [4.69, 9.17) is 9.47 Å². The number of aliphatic hydroxyl groups excluding tert-OH is 1. The van der Waals surface area contributed by atoms with Gasteiger partial charge in [0.15, 0.2) is 0 Å². The summed E-state index contributed by atoms with van der Waals surface area (Å²) in [4.78, 5) is 0. The van der Waals surface area contributed by atoms with Gasteiger partial charge in [0.2, 0.25) is 0 Å². The van der Waals surface area contributed by atoms with Crippen molar-refractivity contribution < 1.29 is 14.6 Å². The third-order valence-electron chi connectivity index (χ3n) is 3.16. The molecule has 0 amide bonds. The monoisotopic (exact) mass is 258 g/mol. The molecule has 0 spiro atoms. The zero-order valence-corrected chi connectivity index (χ0v) is 11.4. The van der Waals surface area contributed by atoms with Gasteiger partial charge in [0.05, 0.1) is 14.2 Å². The summed E-state index contributed by atoms with van der Waals surface area (Å²) in [6.45, 7) is 1.94. The Kier molecular flexibility index (Phi) is 4.07. The fraction of sp³-hybridized carbons (Fsp3) is 0.250. The van der Waals surface area contributed by atoms with E-state index in [1.807, 2.05) is 49.4 Å². The lowest BCUT2D eigenvalue weighted by Crippen LogP contribution is -2.03. The van der Waals surface area contributed by atoms with Gasteiger partial charge in [-0.3, -0.25) is 0 Å². The first-order valence-corrected chi connectivity index (χ1v) is 6.13. The third-order valence-corrected chi connectivity index (χ3v) is 3.16. The summed E-state index contributed by atoms with van der Waals surface area (Å²) >= 11 is 0. The Bertz CT molecular complexity index is 549. The Hall–Kier alpha value is -2.00. The quantitative estimate of drug-likeness (QED) is 0.915. The second-order valence-corrected chi connectivity index (χ2v) is 4.38. The van der Waals surface area contributed by atoms with Crippen molar-refractivity contribution in [1.29, 1.82) is 0 Å². The molecule has 0 saturated heterocycles. The minimum Gasteiger partial charge on any atom is -0.496 e. The van der Waals surface area contributed by atoms with E-state index in [0.717, 1.165) is 16.9 Å². The van der Waals surface area contributed by atoms with Crippen molar-refractivity contribution >= 4 is 0 Å². The molecule has 0 radical (unpaired) electrons. The predicted molar refractivity (Wildman–Crippen MR) is 74.8 cm³/mol. The fourth-order valence-electron chi connectivity index (χ4n) is 2.10.